The summed E-state index contributed by atoms with van der Waals surface area (Å²) >= 11 is 0. The Bertz CT molecular complexity index is 266. The lowest BCUT2D eigenvalue weighted by atomic mass is 10.1. The Kier molecular flexibility index (Phi) is 5.19. The fourth-order valence-electron chi connectivity index (χ4n) is 1.70. The van der Waals surface area contributed by atoms with E-state index in [0.29, 0.717) is 12.1 Å². The molecule has 2 heteroatoms. The molecule has 1 rings (SSSR count). The average molecular weight is 207 g/mol. The molecule has 0 saturated carbocycles. The van der Waals surface area contributed by atoms with E-state index in [1.165, 1.54) is 18.4 Å². The fraction of sp³-hybridized carbons (Fsp3) is 0.538. The van der Waals surface area contributed by atoms with Crippen LogP contribution >= 0.6 is 0 Å². The molecule has 2 atom stereocenters. The van der Waals surface area contributed by atoms with Gasteiger partial charge in [0.2, 0.25) is 0 Å². The van der Waals surface area contributed by atoms with Crippen LogP contribution in [0.1, 0.15) is 44.7 Å². The molecule has 0 saturated heterocycles. The van der Waals surface area contributed by atoms with Crippen LogP contribution in [0, 0.1) is 0 Å². The number of rotatable bonds is 7. The molecule has 1 aromatic rings. The molecule has 0 radical (unpaired) electrons. The van der Waals surface area contributed by atoms with Crippen molar-refractivity contribution in [2.75, 3.05) is 0 Å². The molecule has 0 aliphatic heterocycles. The molecule has 84 valence electrons. The zero-order valence-corrected chi connectivity index (χ0v) is 9.70. The van der Waals surface area contributed by atoms with Gasteiger partial charge in [0.15, 0.2) is 0 Å². The predicted molar refractivity (Wildman–Crippen MR) is 63.8 cm³/mol. The van der Waals surface area contributed by atoms with Crippen LogP contribution in [-0.2, 0) is 0 Å². The molecule has 1 aromatic heterocycles. The summed E-state index contributed by atoms with van der Waals surface area (Å²) in [6.45, 7) is 8.11. The summed E-state index contributed by atoms with van der Waals surface area (Å²) in [6, 6.07) is 2.91. The maximum absolute atomic E-state index is 5.06. The summed E-state index contributed by atoms with van der Waals surface area (Å²) in [5, 5.41) is 3.55. The highest BCUT2D eigenvalue weighted by Crippen LogP contribution is 2.14. The first-order valence-electron chi connectivity index (χ1n) is 5.63. The smallest absolute Gasteiger partial charge is 0.0950 e. The molecule has 0 aliphatic rings. The minimum atomic E-state index is 0.363. The summed E-state index contributed by atoms with van der Waals surface area (Å²) in [7, 11) is 0. The van der Waals surface area contributed by atoms with Crippen LogP contribution < -0.4 is 5.32 Å². The molecule has 0 fully saturated rings. The highest BCUT2D eigenvalue weighted by molar-refractivity contribution is 5.10. The van der Waals surface area contributed by atoms with Crippen molar-refractivity contribution in [3.63, 3.8) is 0 Å². The van der Waals surface area contributed by atoms with E-state index < -0.39 is 0 Å². The second-order valence-electron chi connectivity index (χ2n) is 4.07. The third kappa shape index (κ3) is 4.34. The second-order valence-corrected chi connectivity index (χ2v) is 4.07. The van der Waals surface area contributed by atoms with Gasteiger partial charge in [-0.2, -0.15) is 0 Å². The molecular formula is C13H21NO. The topological polar surface area (TPSA) is 25.2 Å². The van der Waals surface area contributed by atoms with Crippen molar-refractivity contribution in [1.82, 2.24) is 5.32 Å². The molecule has 0 bridgehead atoms. The van der Waals surface area contributed by atoms with Crippen LogP contribution in [0.25, 0.3) is 0 Å². The summed E-state index contributed by atoms with van der Waals surface area (Å²) in [5.74, 6) is 0. The molecule has 0 spiro atoms. The highest BCUT2D eigenvalue weighted by atomic mass is 16.3. The fourth-order valence-corrected chi connectivity index (χ4v) is 1.70. The van der Waals surface area contributed by atoms with Gasteiger partial charge in [0.05, 0.1) is 12.5 Å². The lowest BCUT2D eigenvalue weighted by molar-refractivity contribution is 0.444. The third-order valence-corrected chi connectivity index (χ3v) is 2.62. The van der Waals surface area contributed by atoms with Crippen LogP contribution in [0.4, 0.5) is 0 Å². The summed E-state index contributed by atoms with van der Waals surface area (Å²) < 4.78 is 5.06. The van der Waals surface area contributed by atoms with Crippen LogP contribution in [-0.4, -0.2) is 6.04 Å². The van der Waals surface area contributed by atoms with Crippen LogP contribution in [0.3, 0.4) is 0 Å². The molecule has 1 heterocycles. The Morgan fingerprint density at radius 3 is 2.93 bits per heavy atom. The average Bonchev–Trinajstić information content (AvgIpc) is 2.70. The SMILES string of the molecule is C=CCCCC(C)NC(C)c1ccoc1. The largest absolute Gasteiger partial charge is 0.472 e. The van der Waals surface area contributed by atoms with Crippen molar-refractivity contribution in [2.45, 2.75) is 45.2 Å². The van der Waals surface area contributed by atoms with Gasteiger partial charge in [-0.3, -0.25) is 0 Å². The normalized spacial score (nSPS) is 14.8. The molecule has 0 aliphatic carbocycles. The summed E-state index contributed by atoms with van der Waals surface area (Å²) in [6.07, 6.45) is 8.99. The van der Waals surface area contributed by atoms with Gasteiger partial charge in [-0.15, -0.1) is 6.58 Å². The van der Waals surface area contributed by atoms with E-state index in [9.17, 15) is 0 Å². The number of hydrogen-bond acceptors (Lipinski definition) is 2. The van der Waals surface area contributed by atoms with Crippen molar-refractivity contribution in [3.05, 3.63) is 36.8 Å². The number of nitrogens with one attached hydrogen (secondary N) is 1. The maximum atomic E-state index is 5.06. The minimum Gasteiger partial charge on any atom is -0.472 e. The Balaban J connectivity index is 2.25. The third-order valence-electron chi connectivity index (χ3n) is 2.62. The Hall–Kier alpha value is -1.02. The van der Waals surface area contributed by atoms with Crippen molar-refractivity contribution in [2.24, 2.45) is 0 Å². The molecule has 1 N–H and O–H groups in total. The van der Waals surface area contributed by atoms with E-state index in [1.54, 1.807) is 12.5 Å². The first kappa shape index (κ1) is 12.1. The number of unbranched alkanes of at least 4 members (excludes halogenated alkanes) is 1. The number of hydrogen-bond donors (Lipinski definition) is 1. The number of allylic oxidation sites excluding steroid dienone is 1. The van der Waals surface area contributed by atoms with Gasteiger partial charge in [-0.05, 0) is 39.2 Å². The summed E-state index contributed by atoms with van der Waals surface area (Å²) in [5.41, 5.74) is 1.21. The lowest BCUT2D eigenvalue weighted by Gasteiger charge is -2.18. The molecule has 2 nitrogen and oxygen atoms in total. The van der Waals surface area contributed by atoms with Crippen LogP contribution in [0.5, 0.6) is 0 Å². The lowest BCUT2D eigenvalue weighted by Crippen LogP contribution is -2.28. The van der Waals surface area contributed by atoms with E-state index in [0.717, 1.165) is 6.42 Å². The van der Waals surface area contributed by atoms with Crippen LogP contribution in [0.2, 0.25) is 0 Å². The highest BCUT2D eigenvalue weighted by Gasteiger charge is 2.09. The Labute approximate surface area is 92.4 Å². The Morgan fingerprint density at radius 2 is 2.33 bits per heavy atom. The van der Waals surface area contributed by atoms with Gasteiger partial charge < -0.3 is 9.73 Å². The van der Waals surface area contributed by atoms with E-state index in [2.05, 4.69) is 25.7 Å². The van der Waals surface area contributed by atoms with Crippen molar-refractivity contribution >= 4 is 0 Å². The van der Waals surface area contributed by atoms with Crippen LogP contribution in [0.15, 0.2) is 35.7 Å². The van der Waals surface area contributed by atoms with E-state index in [-0.39, 0.29) is 0 Å². The second kappa shape index (κ2) is 6.46. The van der Waals surface area contributed by atoms with Gasteiger partial charge in [0, 0.05) is 17.6 Å². The molecule has 0 amide bonds. The molecule has 0 aromatic carbocycles. The van der Waals surface area contributed by atoms with Crippen molar-refractivity contribution < 1.29 is 4.42 Å². The monoisotopic (exact) mass is 207 g/mol. The standard InChI is InChI=1S/C13H21NO/c1-4-5-6-7-11(2)14-12(3)13-8-9-15-10-13/h4,8-12,14H,1,5-7H2,2-3H3. The molecule has 15 heavy (non-hydrogen) atoms. The zero-order chi connectivity index (χ0) is 11.1. The van der Waals surface area contributed by atoms with Gasteiger partial charge in [-0.1, -0.05) is 6.08 Å². The van der Waals surface area contributed by atoms with Gasteiger partial charge in [0.25, 0.3) is 0 Å². The zero-order valence-electron chi connectivity index (χ0n) is 9.70. The minimum absolute atomic E-state index is 0.363. The first-order valence-corrected chi connectivity index (χ1v) is 5.63. The molecule has 2 unspecified atom stereocenters. The van der Waals surface area contributed by atoms with E-state index in [1.807, 2.05) is 12.1 Å². The van der Waals surface area contributed by atoms with E-state index in [4.69, 9.17) is 4.42 Å². The summed E-state index contributed by atoms with van der Waals surface area (Å²) in [4.78, 5) is 0. The number of furan rings is 1. The van der Waals surface area contributed by atoms with Crippen molar-refractivity contribution in [1.29, 1.82) is 0 Å². The van der Waals surface area contributed by atoms with Gasteiger partial charge in [-0.25, -0.2) is 0 Å². The molecular weight excluding hydrogens is 186 g/mol. The van der Waals surface area contributed by atoms with Crippen molar-refractivity contribution in [3.8, 4) is 0 Å². The maximum Gasteiger partial charge on any atom is 0.0950 e. The predicted octanol–water partition coefficient (Wildman–Crippen LogP) is 3.68. The quantitative estimate of drug-likeness (QED) is 0.545. The van der Waals surface area contributed by atoms with Gasteiger partial charge in [0.1, 0.15) is 0 Å². The van der Waals surface area contributed by atoms with E-state index >= 15 is 0 Å². The first-order chi connectivity index (χ1) is 7.24. The Morgan fingerprint density at radius 1 is 1.53 bits per heavy atom. The van der Waals surface area contributed by atoms with Gasteiger partial charge >= 0.3 is 0 Å².